The highest BCUT2D eigenvalue weighted by Crippen LogP contribution is 2.20. The van der Waals surface area contributed by atoms with Gasteiger partial charge in [0.05, 0.1) is 24.2 Å². The van der Waals surface area contributed by atoms with Gasteiger partial charge in [0.15, 0.2) is 6.04 Å². The van der Waals surface area contributed by atoms with Gasteiger partial charge in [-0.1, -0.05) is 30.3 Å². The zero-order valence-electron chi connectivity index (χ0n) is 24.8. The Kier molecular flexibility index (Phi) is 13.2. The zero-order valence-corrected chi connectivity index (χ0v) is 25.6. The quantitative estimate of drug-likeness (QED) is 0.122. The van der Waals surface area contributed by atoms with E-state index < -0.39 is 65.9 Å². The topological polar surface area (TPSA) is 220 Å². The molecule has 3 rings (SSSR count). The molecule has 0 spiro atoms. The first kappa shape index (κ1) is 34.5. The number of thioether (sulfide) groups is 1. The largest absolute Gasteiger partial charge is 0.480 e. The van der Waals surface area contributed by atoms with Gasteiger partial charge in [-0.25, -0.2) is 9.78 Å². The highest BCUT2D eigenvalue weighted by Gasteiger charge is 2.40. The summed E-state index contributed by atoms with van der Waals surface area (Å²) in [4.78, 5) is 73.3. The number of benzene rings is 1. The van der Waals surface area contributed by atoms with Gasteiger partial charge < -0.3 is 41.8 Å². The second-order valence-corrected chi connectivity index (χ2v) is 11.7. The Balaban J connectivity index is 1.77. The van der Waals surface area contributed by atoms with E-state index in [1.807, 2.05) is 36.6 Å². The average molecular weight is 632 g/mol. The van der Waals surface area contributed by atoms with E-state index >= 15 is 0 Å². The van der Waals surface area contributed by atoms with Gasteiger partial charge in [-0.3, -0.25) is 19.2 Å². The molecule has 6 atom stereocenters. The average Bonchev–Trinajstić information content (AvgIpc) is 3.70. The molecule has 14 nitrogen and oxygen atoms in total. The van der Waals surface area contributed by atoms with Gasteiger partial charge in [0, 0.05) is 25.6 Å². The number of carboxylic acids is 1. The normalized spacial score (nSPS) is 18.0. The number of carbonyl (C=O) groups is 5. The molecule has 0 radical (unpaired) electrons. The Morgan fingerprint density at radius 3 is 2.41 bits per heavy atom. The number of nitrogens with one attached hydrogen (secondary N) is 4. The van der Waals surface area contributed by atoms with Gasteiger partial charge in [-0.15, -0.1) is 0 Å². The minimum Gasteiger partial charge on any atom is -0.480 e. The van der Waals surface area contributed by atoms with Crippen LogP contribution in [0.4, 0.5) is 0 Å². The van der Waals surface area contributed by atoms with Crippen molar-refractivity contribution in [3.63, 3.8) is 0 Å². The SMILES string of the molecule is CSCC[C@H](NC(=O)[C@H](Cc1ccccc1)NC(=O)[C@@H](N)Cc1c[nH]cn1)C(=O)N1CCC[C@H]1C(=O)N[C@H](C(=O)O)[C@@H](C)O. The maximum Gasteiger partial charge on any atom is 0.328 e. The van der Waals surface area contributed by atoms with E-state index in [-0.39, 0.29) is 25.8 Å². The van der Waals surface area contributed by atoms with Crippen molar-refractivity contribution < 1.29 is 34.2 Å². The van der Waals surface area contributed by atoms with Gasteiger partial charge in [-0.2, -0.15) is 11.8 Å². The van der Waals surface area contributed by atoms with Crippen molar-refractivity contribution in [1.82, 2.24) is 30.8 Å². The third-order valence-electron chi connectivity index (χ3n) is 7.35. The summed E-state index contributed by atoms with van der Waals surface area (Å²) < 4.78 is 0. The molecule has 1 aromatic heterocycles. The summed E-state index contributed by atoms with van der Waals surface area (Å²) >= 11 is 1.48. The van der Waals surface area contributed by atoms with Crippen LogP contribution in [0.2, 0.25) is 0 Å². The van der Waals surface area contributed by atoms with Crippen LogP contribution in [0, 0.1) is 0 Å². The molecule has 2 aromatic rings. The molecule has 8 N–H and O–H groups in total. The number of hydrogen-bond donors (Lipinski definition) is 7. The van der Waals surface area contributed by atoms with Crippen LogP contribution in [0.3, 0.4) is 0 Å². The number of hydrogen-bond acceptors (Lipinski definition) is 9. The molecular weight excluding hydrogens is 590 g/mol. The molecular formula is C29H41N7O7S. The van der Waals surface area contributed by atoms with Crippen LogP contribution in [0.1, 0.15) is 37.4 Å². The lowest BCUT2D eigenvalue weighted by Gasteiger charge is -2.30. The first-order valence-corrected chi connectivity index (χ1v) is 15.8. The fraction of sp³-hybridized carbons (Fsp3) is 0.517. The molecule has 0 bridgehead atoms. The van der Waals surface area contributed by atoms with Crippen LogP contribution in [-0.2, 0) is 36.8 Å². The molecule has 1 saturated heterocycles. The Hall–Kier alpha value is -3.95. The van der Waals surface area contributed by atoms with Crippen LogP contribution in [0.15, 0.2) is 42.9 Å². The van der Waals surface area contributed by atoms with Crippen molar-refractivity contribution in [3.05, 3.63) is 54.1 Å². The van der Waals surface area contributed by atoms with Crippen LogP contribution < -0.4 is 21.7 Å². The predicted octanol–water partition coefficient (Wildman–Crippen LogP) is -0.814. The first-order chi connectivity index (χ1) is 21.0. The highest BCUT2D eigenvalue weighted by atomic mass is 32.2. The smallest absolute Gasteiger partial charge is 0.328 e. The number of likely N-dealkylation sites (tertiary alicyclic amines) is 1. The van der Waals surface area contributed by atoms with Crippen LogP contribution in [-0.4, -0.2) is 110 Å². The number of aromatic amines is 1. The number of rotatable bonds is 16. The summed E-state index contributed by atoms with van der Waals surface area (Å²) in [5.74, 6) is -3.21. The van der Waals surface area contributed by atoms with Gasteiger partial charge in [0.25, 0.3) is 0 Å². The number of aliphatic hydroxyl groups is 1. The third kappa shape index (κ3) is 9.79. The van der Waals surface area contributed by atoms with E-state index in [0.717, 1.165) is 5.56 Å². The van der Waals surface area contributed by atoms with Crippen LogP contribution in [0.5, 0.6) is 0 Å². The number of aromatic nitrogens is 2. The van der Waals surface area contributed by atoms with Gasteiger partial charge in [-0.05, 0) is 43.8 Å². The van der Waals surface area contributed by atoms with Crippen LogP contribution in [0.25, 0.3) is 0 Å². The maximum atomic E-state index is 13.8. The Morgan fingerprint density at radius 2 is 1.80 bits per heavy atom. The fourth-order valence-corrected chi connectivity index (χ4v) is 5.44. The van der Waals surface area contributed by atoms with Crippen molar-refractivity contribution in [3.8, 4) is 0 Å². The minimum atomic E-state index is -1.53. The standard InChI is InChI=1S/C29H41N7O7S/c1-17(37)24(29(42)43)35-27(40)23-9-6-11-36(23)28(41)21(10-12-44-2)33-26(39)22(13-18-7-4-3-5-8-18)34-25(38)20(30)14-19-15-31-16-32-19/h3-5,7-8,15-17,20-24,37H,6,9-14,30H2,1-2H3,(H,31,32)(H,33,39)(H,34,38)(H,35,40)(H,42,43)/t17-,20+,21+,22+,23+,24+/m1/s1. The number of amides is 4. The van der Waals surface area contributed by atoms with Gasteiger partial charge in [0.2, 0.25) is 23.6 Å². The van der Waals surface area contributed by atoms with E-state index in [0.29, 0.717) is 24.3 Å². The lowest BCUT2D eigenvalue weighted by atomic mass is 10.0. The summed E-state index contributed by atoms with van der Waals surface area (Å²) in [7, 11) is 0. The first-order valence-electron chi connectivity index (χ1n) is 14.4. The van der Waals surface area contributed by atoms with Crippen molar-refractivity contribution in [1.29, 1.82) is 0 Å². The van der Waals surface area contributed by atoms with Gasteiger partial charge in [0.1, 0.15) is 18.1 Å². The second kappa shape index (κ2) is 16.8. The van der Waals surface area contributed by atoms with E-state index in [4.69, 9.17) is 5.73 Å². The van der Waals surface area contributed by atoms with E-state index in [1.54, 1.807) is 6.20 Å². The molecule has 0 unspecified atom stereocenters. The van der Waals surface area contributed by atoms with Crippen molar-refractivity contribution in [2.75, 3.05) is 18.6 Å². The molecule has 1 fully saturated rings. The Labute approximate surface area is 259 Å². The summed E-state index contributed by atoms with van der Waals surface area (Å²) in [6.45, 7) is 1.49. The fourth-order valence-electron chi connectivity index (χ4n) is 4.97. The summed E-state index contributed by atoms with van der Waals surface area (Å²) in [5, 5.41) is 27.0. The number of aliphatic hydroxyl groups excluding tert-OH is 1. The number of imidazole rings is 1. The van der Waals surface area contributed by atoms with E-state index in [9.17, 15) is 34.2 Å². The number of carbonyl (C=O) groups excluding carboxylic acids is 4. The lowest BCUT2D eigenvalue weighted by Crippen LogP contribution is -2.59. The van der Waals surface area contributed by atoms with Crippen molar-refractivity contribution in [2.24, 2.45) is 5.73 Å². The third-order valence-corrected chi connectivity index (χ3v) is 7.99. The number of aliphatic carboxylic acids is 1. The molecule has 1 aliphatic rings. The molecule has 2 heterocycles. The van der Waals surface area contributed by atoms with E-state index in [2.05, 4.69) is 25.9 Å². The highest BCUT2D eigenvalue weighted by molar-refractivity contribution is 7.98. The van der Waals surface area contributed by atoms with Crippen LogP contribution >= 0.6 is 11.8 Å². The molecule has 0 aliphatic carbocycles. The van der Waals surface area contributed by atoms with Gasteiger partial charge >= 0.3 is 5.97 Å². The van der Waals surface area contributed by atoms with E-state index in [1.165, 1.54) is 29.9 Å². The molecule has 1 aromatic carbocycles. The monoisotopic (exact) mass is 631 g/mol. The molecule has 0 saturated carbocycles. The second-order valence-electron chi connectivity index (χ2n) is 10.7. The maximum absolute atomic E-state index is 13.8. The predicted molar refractivity (Wildman–Crippen MR) is 163 cm³/mol. The molecule has 240 valence electrons. The molecule has 15 heteroatoms. The number of nitrogens with zero attached hydrogens (tertiary/aromatic N) is 2. The molecule has 4 amide bonds. The molecule has 1 aliphatic heterocycles. The summed E-state index contributed by atoms with van der Waals surface area (Å²) in [5.41, 5.74) is 7.48. The Morgan fingerprint density at radius 1 is 1.09 bits per heavy atom. The number of nitrogens with two attached hydrogens (primary N) is 1. The minimum absolute atomic E-state index is 0.141. The Bertz CT molecular complexity index is 1260. The lowest BCUT2D eigenvalue weighted by molar-refractivity contribution is -0.147. The molecule has 44 heavy (non-hydrogen) atoms. The number of carboxylic acid groups (broad SMARTS) is 1. The summed E-state index contributed by atoms with van der Waals surface area (Å²) in [6.07, 6.45) is 4.96. The summed E-state index contributed by atoms with van der Waals surface area (Å²) in [6, 6.07) is 3.55. The van der Waals surface area contributed by atoms with Crippen molar-refractivity contribution >= 4 is 41.4 Å². The number of H-pyrrole nitrogens is 1. The van der Waals surface area contributed by atoms with Crippen molar-refractivity contribution in [2.45, 2.75) is 75.3 Å². The zero-order chi connectivity index (χ0) is 32.2.